The van der Waals surface area contributed by atoms with Crippen LogP contribution in [0.4, 0.5) is 0 Å². The Bertz CT molecular complexity index is 818. The summed E-state index contributed by atoms with van der Waals surface area (Å²) in [6, 6.07) is 8.31. The number of nitrogens with two attached hydrogens (primary N) is 1. The van der Waals surface area contributed by atoms with Crippen LogP contribution in [-0.2, 0) is 20.8 Å². The zero-order chi connectivity index (χ0) is 16.8. The van der Waals surface area contributed by atoms with Crippen LogP contribution in [0.5, 0.6) is 0 Å². The maximum Gasteiger partial charge on any atom is 0.218 e. The average molecular weight is 321 g/mol. The van der Waals surface area contributed by atoms with Crippen molar-refractivity contribution in [3.8, 4) is 0 Å². The van der Waals surface area contributed by atoms with Gasteiger partial charge < -0.3 is 5.73 Å². The number of hydrogen-bond acceptors (Lipinski definition) is 3. The smallest absolute Gasteiger partial charge is 0.218 e. The van der Waals surface area contributed by atoms with Crippen LogP contribution in [-0.4, -0.2) is 17.5 Å². The number of benzene rings is 1. The number of hydrogen-bond donors (Lipinski definition) is 1. The lowest BCUT2D eigenvalue weighted by Crippen LogP contribution is -2.40. The van der Waals surface area contributed by atoms with Crippen LogP contribution in [0.15, 0.2) is 41.5 Å². The highest BCUT2D eigenvalue weighted by molar-refractivity contribution is 6.39. The van der Waals surface area contributed by atoms with Crippen LogP contribution in [0.25, 0.3) is 6.08 Å². The van der Waals surface area contributed by atoms with E-state index in [2.05, 4.69) is 24.3 Å². The first-order chi connectivity index (χ1) is 11.5. The van der Waals surface area contributed by atoms with Gasteiger partial charge in [-0.25, -0.2) is 0 Å². The molecule has 1 saturated carbocycles. The van der Waals surface area contributed by atoms with Crippen LogP contribution in [0.2, 0.25) is 0 Å². The van der Waals surface area contributed by atoms with Crippen molar-refractivity contribution >= 4 is 23.5 Å². The van der Waals surface area contributed by atoms with E-state index in [1.807, 2.05) is 12.1 Å². The third kappa shape index (κ3) is 2.42. The molecule has 3 aliphatic rings. The molecule has 3 unspecified atom stereocenters. The normalized spacial score (nSPS) is 28.2. The molecule has 4 rings (SSSR count). The average Bonchev–Trinajstić information content (AvgIpc) is 2.55. The van der Waals surface area contributed by atoms with Gasteiger partial charge in [0, 0.05) is 12.8 Å². The van der Waals surface area contributed by atoms with Gasteiger partial charge in [0.2, 0.25) is 11.7 Å². The number of amides is 1. The Morgan fingerprint density at radius 3 is 2.67 bits per heavy atom. The van der Waals surface area contributed by atoms with Gasteiger partial charge in [0.15, 0.2) is 5.78 Å². The molecule has 1 amide bonds. The lowest BCUT2D eigenvalue weighted by molar-refractivity contribution is -0.141. The minimum atomic E-state index is -0.659. The second-order valence-electron chi connectivity index (χ2n) is 7.04. The fourth-order valence-corrected chi connectivity index (χ4v) is 4.38. The van der Waals surface area contributed by atoms with Gasteiger partial charge in [0.05, 0.1) is 5.92 Å². The van der Waals surface area contributed by atoms with Gasteiger partial charge in [-0.15, -0.1) is 0 Å². The van der Waals surface area contributed by atoms with E-state index in [1.165, 1.54) is 16.7 Å². The summed E-state index contributed by atoms with van der Waals surface area (Å²) in [5, 5.41) is 0. The van der Waals surface area contributed by atoms with Gasteiger partial charge in [-0.05, 0) is 41.4 Å². The van der Waals surface area contributed by atoms with E-state index in [-0.39, 0.29) is 24.5 Å². The number of primary amides is 1. The number of ketones is 2. The van der Waals surface area contributed by atoms with E-state index < -0.39 is 17.6 Å². The molecule has 0 spiro atoms. The standard InChI is InChI=1S/C20H19NO3/c21-19(23)10-17-16-8-14-6-12-4-2-1-3-11(12)5-13(14)7-15(16)9-18(22)20(17)24/h1-4,6,8,13,15,17H,5,7,9-10H2,(H2,21,23). The molecule has 0 aromatic heterocycles. The largest absolute Gasteiger partial charge is 0.370 e. The number of fused-ring (bicyclic) bond motifs is 3. The van der Waals surface area contributed by atoms with Crippen molar-refractivity contribution in [2.24, 2.45) is 23.5 Å². The number of carbonyl (C=O) groups excluding carboxylic acids is 3. The molecule has 3 aliphatic carbocycles. The molecule has 3 atom stereocenters. The molecule has 1 fully saturated rings. The van der Waals surface area contributed by atoms with Crippen LogP contribution >= 0.6 is 0 Å². The Morgan fingerprint density at radius 2 is 1.88 bits per heavy atom. The quantitative estimate of drug-likeness (QED) is 0.849. The molecule has 0 saturated heterocycles. The lowest BCUT2D eigenvalue weighted by Gasteiger charge is -2.39. The summed E-state index contributed by atoms with van der Waals surface area (Å²) in [7, 11) is 0. The van der Waals surface area contributed by atoms with E-state index in [4.69, 9.17) is 5.73 Å². The monoisotopic (exact) mass is 321 g/mol. The maximum atomic E-state index is 12.3. The van der Waals surface area contributed by atoms with E-state index in [1.54, 1.807) is 0 Å². The zero-order valence-corrected chi connectivity index (χ0v) is 13.3. The Morgan fingerprint density at radius 1 is 1.08 bits per heavy atom. The van der Waals surface area contributed by atoms with Gasteiger partial charge in [-0.2, -0.15) is 0 Å². The van der Waals surface area contributed by atoms with Gasteiger partial charge in [-0.3, -0.25) is 14.4 Å². The van der Waals surface area contributed by atoms with Crippen LogP contribution < -0.4 is 5.73 Å². The summed E-state index contributed by atoms with van der Waals surface area (Å²) >= 11 is 0. The third-order valence-electron chi connectivity index (χ3n) is 5.52. The van der Waals surface area contributed by atoms with Crippen LogP contribution in [0, 0.1) is 17.8 Å². The first kappa shape index (κ1) is 15.1. The Hall–Kier alpha value is -2.49. The minimum Gasteiger partial charge on any atom is -0.370 e. The lowest BCUT2D eigenvalue weighted by atomic mass is 9.64. The SMILES string of the molecule is NC(=O)CC1C(=O)C(=O)CC2CC3Cc4ccccc4C=C3C=C21. The van der Waals surface area contributed by atoms with E-state index in [0.29, 0.717) is 5.92 Å². The molecule has 0 bridgehead atoms. The topological polar surface area (TPSA) is 77.2 Å². The number of allylic oxidation sites excluding steroid dienone is 3. The fraction of sp³-hybridized carbons (Fsp3) is 0.350. The van der Waals surface area contributed by atoms with Crippen molar-refractivity contribution in [3.63, 3.8) is 0 Å². The molecular weight excluding hydrogens is 302 g/mol. The van der Waals surface area contributed by atoms with Crippen molar-refractivity contribution in [1.82, 2.24) is 0 Å². The first-order valence-corrected chi connectivity index (χ1v) is 8.39. The molecule has 0 radical (unpaired) electrons. The molecule has 24 heavy (non-hydrogen) atoms. The van der Waals surface area contributed by atoms with Crippen molar-refractivity contribution in [2.45, 2.75) is 25.7 Å². The molecular formula is C20H19NO3. The Kier molecular flexibility index (Phi) is 3.48. The number of carbonyl (C=O) groups is 3. The molecule has 0 aliphatic heterocycles. The predicted octanol–water partition coefficient (Wildman–Crippen LogP) is 2.22. The molecule has 122 valence electrons. The van der Waals surface area contributed by atoms with Crippen molar-refractivity contribution in [2.75, 3.05) is 0 Å². The summed E-state index contributed by atoms with van der Waals surface area (Å²) in [5.74, 6) is -1.56. The molecule has 1 aromatic rings. The molecule has 2 N–H and O–H groups in total. The van der Waals surface area contributed by atoms with Crippen LogP contribution in [0.3, 0.4) is 0 Å². The second kappa shape index (κ2) is 5.55. The zero-order valence-electron chi connectivity index (χ0n) is 13.3. The minimum absolute atomic E-state index is 0.0620. The molecule has 4 heteroatoms. The maximum absolute atomic E-state index is 12.3. The third-order valence-corrected chi connectivity index (χ3v) is 5.52. The highest BCUT2D eigenvalue weighted by atomic mass is 16.2. The van der Waals surface area contributed by atoms with Crippen molar-refractivity contribution < 1.29 is 14.4 Å². The molecule has 0 heterocycles. The number of rotatable bonds is 2. The van der Waals surface area contributed by atoms with Crippen molar-refractivity contribution in [1.29, 1.82) is 0 Å². The Balaban J connectivity index is 1.76. The van der Waals surface area contributed by atoms with Crippen molar-refractivity contribution in [3.05, 3.63) is 52.6 Å². The predicted molar refractivity (Wildman–Crippen MR) is 89.7 cm³/mol. The highest BCUT2D eigenvalue weighted by Gasteiger charge is 2.43. The summed E-state index contributed by atoms with van der Waals surface area (Å²) in [6.45, 7) is 0. The van der Waals surface area contributed by atoms with E-state index in [9.17, 15) is 14.4 Å². The van der Waals surface area contributed by atoms with E-state index >= 15 is 0 Å². The summed E-state index contributed by atoms with van der Waals surface area (Å²) in [5.41, 5.74) is 9.98. The molecule has 4 nitrogen and oxygen atoms in total. The van der Waals surface area contributed by atoms with Gasteiger partial charge in [-0.1, -0.05) is 42.0 Å². The fourth-order valence-electron chi connectivity index (χ4n) is 4.38. The Labute approximate surface area is 140 Å². The summed E-state index contributed by atoms with van der Waals surface area (Å²) < 4.78 is 0. The second-order valence-corrected chi connectivity index (χ2v) is 7.04. The van der Waals surface area contributed by atoms with Gasteiger partial charge in [0.1, 0.15) is 0 Å². The summed E-state index contributed by atoms with van der Waals surface area (Å²) in [4.78, 5) is 35.7. The first-order valence-electron chi connectivity index (χ1n) is 8.39. The van der Waals surface area contributed by atoms with Crippen LogP contribution in [0.1, 0.15) is 30.4 Å². The van der Waals surface area contributed by atoms with Gasteiger partial charge >= 0.3 is 0 Å². The van der Waals surface area contributed by atoms with Gasteiger partial charge in [0.25, 0.3) is 0 Å². The van der Waals surface area contributed by atoms with E-state index in [0.717, 1.165) is 18.4 Å². The molecule has 1 aromatic carbocycles. The summed E-state index contributed by atoms with van der Waals surface area (Å²) in [6.07, 6.45) is 6.26. The highest BCUT2D eigenvalue weighted by Crippen LogP contribution is 2.45. The number of Topliss-reactive ketones (excluding diaryl/α,β-unsaturated/α-hetero) is 2.